The number of carbonyl (C=O) groups is 1. The molecule has 0 unspecified atom stereocenters. The van der Waals surface area contributed by atoms with Crippen LogP contribution < -0.4 is 9.47 Å². The largest absolute Gasteiger partial charge is 0.496 e. The Bertz CT molecular complexity index is 895. The highest BCUT2D eigenvalue weighted by molar-refractivity contribution is 7.99. The van der Waals surface area contributed by atoms with Gasteiger partial charge in [0.1, 0.15) is 18.1 Å². The molecule has 1 N–H and O–H groups in total. The molecule has 0 radical (unpaired) electrons. The predicted octanol–water partition coefficient (Wildman–Crippen LogP) is 3.68. The van der Waals surface area contributed by atoms with Gasteiger partial charge >= 0.3 is 0 Å². The van der Waals surface area contributed by atoms with Gasteiger partial charge in [-0.2, -0.15) is 0 Å². The van der Waals surface area contributed by atoms with E-state index in [1.54, 1.807) is 19.2 Å². The smallest absolute Gasteiger partial charge is 0.208 e. The molecule has 7 heteroatoms. The first-order valence-corrected chi connectivity index (χ1v) is 9.04. The van der Waals surface area contributed by atoms with Crippen molar-refractivity contribution in [3.8, 4) is 11.5 Å². The normalized spacial score (nSPS) is 10.5. The van der Waals surface area contributed by atoms with E-state index in [1.165, 1.54) is 11.8 Å². The molecule has 1 aromatic heterocycles. The number of ether oxygens (including phenoxy) is 2. The van der Waals surface area contributed by atoms with Gasteiger partial charge in [-0.15, -0.1) is 5.10 Å². The quantitative estimate of drug-likeness (QED) is 0.482. The SMILES string of the molecule is COc1ccccc1C(=O)CSc1n[nH]c(COc2ccccc2C)n1. The lowest BCUT2D eigenvalue weighted by Gasteiger charge is -2.06. The molecule has 2 aromatic carbocycles. The van der Waals surface area contributed by atoms with Crippen LogP contribution in [-0.2, 0) is 6.61 Å². The van der Waals surface area contributed by atoms with E-state index < -0.39 is 0 Å². The average molecular weight is 369 g/mol. The van der Waals surface area contributed by atoms with Crippen LogP contribution in [-0.4, -0.2) is 33.8 Å². The number of aromatic amines is 1. The molecule has 0 aliphatic carbocycles. The number of nitrogens with zero attached hydrogens (tertiary/aromatic N) is 2. The molecule has 1 heterocycles. The van der Waals surface area contributed by atoms with Crippen molar-refractivity contribution in [3.63, 3.8) is 0 Å². The number of Topliss-reactive ketones (excluding diaryl/α,β-unsaturated/α-hetero) is 1. The van der Waals surface area contributed by atoms with E-state index in [2.05, 4.69) is 15.2 Å². The number of aromatic nitrogens is 3. The summed E-state index contributed by atoms with van der Waals surface area (Å²) in [7, 11) is 1.55. The molecule has 134 valence electrons. The van der Waals surface area contributed by atoms with Gasteiger partial charge in [-0.1, -0.05) is 42.1 Å². The molecule has 0 fully saturated rings. The van der Waals surface area contributed by atoms with Crippen LogP contribution in [0.15, 0.2) is 53.7 Å². The van der Waals surface area contributed by atoms with E-state index in [4.69, 9.17) is 9.47 Å². The van der Waals surface area contributed by atoms with Gasteiger partial charge in [-0.25, -0.2) is 4.98 Å². The number of rotatable bonds is 8. The highest BCUT2D eigenvalue weighted by Gasteiger charge is 2.14. The molecule has 0 aliphatic rings. The number of nitrogens with one attached hydrogen (secondary N) is 1. The van der Waals surface area contributed by atoms with E-state index in [9.17, 15) is 4.79 Å². The van der Waals surface area contributed by atoms with Crippen molar-refractivity contribution < 1.29 is 14.3 Å². The highest BCUT2D eigenvalue weighted by Crippen LogP contribution is 2.22. The van der Waals surface area contributed by atoms with Gasteiger partial charge < -0.3 is 9.47 Å². The Morgan fingerprint density at radius 1 is 1.12 bits per heavy atom. The third-order valence-corrected chi connectivity index (χ3v) is 4.56. The molecule has 0 amide bonds. The van der Waals surface area contributed by atoms with Gasteiger partial charge in [-0.3, -0.25) is 9.89 Å². The zero-order chi connectivity index (χ0) is 18.4. The Morgan fingerprint density at radius 3 is 2.62 bits per heavy atom. The summed E-state index contributed by atoms with van der Waals surface area (Å²) < 4.78 is 11.0. The van der Waals surface area contributed by atoms with Crippen LogP contribution >= 0.6 is 11.8 Å². The summed E-state index contributed by atoms with van der Waals surface area (Å²) in [6, 6.07) is 14.9. The number of H-pyrrole nitrogens is 1. The van der Waals surface area contributed by atoms with E-state index in [-0.39, 0.29) is 11.5 Å². The molecule has 0 aliphatic heterocycles. The summed E-state index contributed by atoms with van der Waals surface area (Å²) in [6.07, 6.45) is 0. The Kier molecular flexibility index (Phi) is 5.91. The lowest BCUT2D eigenvalue weighted by atomic mass is 10.1. The second kappa shape index (κ2) is 8.53. The molecule has 3 rings (SSSR count). The van der Waals surface area contributed by atoms with Crippen molar-refractivity contribution in [2.75, 3.05) is 12.9 Å². The summed E-state index contributed by atoms with van der Waals surface area (Å²) in [5, 5.41) is 7.47. The van der Waals surface area contributed by atoms with Crippen LogP contribution in [0.3, 0.4) is 0 Å². The Hall–Kier alpha value is -2.80. The van der Waals surface area contributed by atoms with Crippen molar-refractivity contribution in [1.29, 1.82) is 0 Å². The van der Waals surface area contributed by atoms with Crippen LogP contribution in [0, 0.1) is 6.92 Å². The number of para-hydroxylation sites is 2. The first-order valence-electron chi connectivity index (χ1n) is 8.06. The van der Waals surface area contributed by atoms with Crippen molar-refractivity contribution in [3.05, 3.63) is 65.5 Å². The molecular formula is C19H19N3O3S. The molecular weight excluding hydrogens is 350 g/mol. The van der Waals surface area contributed by atoms with Crippen LogP contribution in [0.1, 0.15) is 21.7 Å². The zero-order valence-corrected chi connectivity index (χ0v) is 15.4. The number of methoxy groups -OCH3 is 1. The average Bonchev–Trinajstić information content (AvgIpc) is 3.13. The van der Waals surface area contributed by atoms with Crippen molar-refractivity contribution in [2.45, 2.75) is 18.7 Å². The second-order valence-corrected chi connectivity index (χ2v) is 6.47. The fourth-order valence-electron chi connectivity index (χ4n) is 2.35. The van der Waals surface area contributed by atoms with Gasteiger partial charge in [0.15, 0.2) is 11.6 Å². The maximum atomic E-state index is 12.4. The lowest BCUT2D eigenvalue weighted by molar-refractivity contribution is 0.101. The minimum absolute atomic E-state index is 0.0324. The number of aryl methyl sites for hydroxylation is 1. The zero-order valence-electron chi connectivity index (χ0n) is 14.6. The number of ketones is 1. The number of hydrogen-bond acceptors (Lipinski definition) is 6. The minimum atomic E-state index is -0.0324. The Balaban J connectivity index is 1.55. The van der Waals surface area contributed by atoms with Gasteiger partial charge in [0.25, 0.3) is 0 Å². The summed E-state index contributed by atoms with van der Waals surface area (Å²) in [5.41, 5.74) is 1.62. The third-order valence-electron chi connectivity index (χ3n) is 3.71. The first-order chi connectivity index (χ1) is 12.7. The summed E-state index contributed by atoms with van der Waals surface area (Å²) >= 11 is 1.27. The Labute approximate surface area is 155 Å². The predicted molar refractivity (Wildman–Crippen MR) is 99.9 cm³/mol. The van der Waals surface area contributed by atoms with E-state index >= 15 is 0 Å². The van der Waals surface area contributed by atoms with Gasteiger partial charge in [-0.05, 0) is 30.7 Å². The second-order valence-electron chi connectivity index (χ2n) is 5.53. The van der Waals surface area contributed by atoms with Crippen molar-refractivity contribution in [1.82, 2.24) is 15.2 Å². The van der Waals surface area contributed by atoms with Gasteiger partial charge in [0, 0.05) is 0 Å². The molecule has 0 saturated carbocycles. The van der Waals surface area contributed by atoms with Crippen molar-refractivity contribution >= 4 is 17.5 Å². The maximum Gasteiger partial charge on any atom is 0.208 e. The molecule has 26 heavy (non-hydrogen) atoms. The van der Waals surface area contributed by atoms with E-state index in [1.807, 2.05) is 43.3 Å². The standard InChI is InChI=1S/C19H19N3O3S/c1-13-7-3-5-9-16(13)25-11-18-20-19(22-21-18)26-12-15(23)14-8-4-6-10-17(14)24-2/h3-10H,11-12H2,1-2H3,(H,20,21,22). The number of hydrogen-bond donors (Lipinski definition) is 1. The first kappa shape index (κ1) is 18.0. The van der Waals surface area contributed by atoms with E-state index in [0.29, 0.717) is 28.9 Å². The summed E-state index contributed by atoms with van der Waals surface area (Å²) in [5.74, 6) is 2.19. The summed E-state index contributed by atoms with van der Waals surface area (Å²) in [4.78, 5) is 16.7. The van der Waals surface area contributed by atoms with Gasteiger partial charge in [0.2, 0.25) is 5.16 Å². The highest BCUT2D eigenvalue weighted by atomic mass is 32.2. The van der Waals surface area contributed by atoms with Crippen LogP contribution in [0.5, 0.6) is 11.5 Å². The molecule has 0 bridgehead atoms. The Morgan fingerprint density at radius 2 is 1.85 bits per heavy atom. The molecule has 0 spiro atoms. The third kappa shape index (κ3) is 4.43. The molecule has 0 atom stereocenters. The topological polar surface area (TPSA) is 77.1 Å². The van der Waals surface area contributed by atoms with Crippen LogP contribution in [0.25, 0.3) is 0 Å². The van der Waals surface area contributed by atoms with E-state index in [0.717, 1.165) is 11.3 Å². The van der Waals surface area contributed by atoms with Crippen LogP contribution in [0.2, 0.25) is 0 Å². The monoisotopic (exact) mass is 369 g/mol. The maximum absolute atomic E-state index is 12.4. The minimum Gasteiger partial charge on any atom is -0.496 e. The molecule has 0 saturated heterocycles. The molecule has 3 aromatic rings. The molecule has 6 nitrogen and oxygen atoms in total. The summed E-state index contributed by atoms with van der Waals surface area (Å²) in [6.45, 7) is 2.28. The fourth-order valence-corrected chi connectivity index (χ4v) is 3.05. The number of benzene rings is 2. The number of carbonyl (C=O) groups excluding carboxylic acids is 1. The lowest BCUT2D eigenvalue weighted by Crippen LogP contribution is -2.05. The van der Waals surface area contributed by atoms with Gasteiger partial charge in [0.05, 0.1) is 18.4 Å². The van der Waals surface area contributed by atoms with Crippen molar-refractivity contribution in [2.24, 2.45) is 0 Å². The van der Waals surface area contributed by atoms with Crippen LogP contribution in [0.4, 0.5) is 0 Å². The number of thioether (sulfide) groups is 1. The fraction of sp³-hybridized carbons (Fsp3) is 0.211.